The number of hydrogen-bond acceptors (Lipinski definition) is 4. The molecule has 2 aromatic carbocycles. The molecular formula is C17H15BrO4. The molecule has 1 unspecified atom stereocenters. The topological polar surface area (TPSA) is 52.6 Å². The Morgan fingerprint density at radius 3 is 1.77 bits per heavy atom. The SMILES string of the molecule is COc1ccc(C(=O)C(=O)C(Br)c2ccc(OC)cc2)cc1. The van der Waals surface area contributed by atoms with Crippen LogP contribution in [0, 0.1) is 0 Å². The summed E-state index contributed by atoms with van der Waals surface area (Å²) in [6, 6.07) is 13.4. The predicted molar refractivity (Wildman–Crippen MR) is 87.0 cm³/mol. The predicted octanol–water partition coefficient (Wildman–Crippen LogP) is 3.59. The maximum absolute atomic E-state index is 12.3. The average molecular weight is 363 g/mol. The van der Waals surface area contributed by atoms with E-state index in [0.29, 0.717) is 22.6 Å². The van der Waals surface area contributed by atoms with Crippen LogP contribution in [0.15, 0.2) is 48.5 Å². The zero-order valence-corrected chi connectivity index (χ0v) is 13.8. The molecule has 0 heterocycles. The summed E-state index contributed by atoms with van der Waals surface area (Å²) in [6.45, 7) is 0. The Bertz CT molecular complexity index is 662. The van der Waals surface area contributed by atoms with E-state index in [9.17, 15) is 9.59 Å². The van der Waals surface area contributed by atoms with Crippen LogP contribution in [0.25, 0.3) is 0 Å². The largest absolute Gasteiger partial charge is 0.497 e. The van der Waals surface area contributed by atoms with Gasteiger partial charge in [0.2, 0.25) is 11.6 Å². The molecule has 0 saturated heterocycles. The summed E-state index contributed by atoms with van der Waals surface area (Å²) >= 11 is 3.29. The molecule has 0 radical (unpaired) electrons. The lowest BCUT2D eigenvalue weighted by atomic mass is 10.0. The third-order valence-electron chi connectivity index (χ3n) is 3.21. The first kappa shape index (κ1) is 16.2. The molecule has 2 aromatic rings. The van der Waals surface area contributed by atoms with Crippen molar-refractivity contribution >= 4 is 27.5 Å². The lowest BCUT2D eigenvalue weighted by molar-refractivity contribution is -0.114. The number of benzene rings is 2. The number of methoxy groups -OCH3 is 2. The second kappa shape index (κ2) is 7.22. The van der Waals surface area contributed by atoms with Crippen LogP contribution in [-0.4, -0.2) is 25.8 Å². The molecule has 0 aliphatic carbocycles. The highest BCUT2D eigenvalue weighted by Crippen LogP contribution is 2.27. The molecule has 114 valence electrons. The van der Waals surface area contributed by atoms with E-state index in [1.165, 1.54) is 0 Å². The fourth-order valence-electron chi connectivity index (χ4n) is 1.92. The molecule has 0 aromatic heterocycles. The van der Waals surface area contributed by atoms with Gasteiger partial charge in [0.05, 0.1) is 14.2 Å². The van der Waals surface area contributed by atoms with Gasteiger partial charge >= 0.3 is 0 Å². The Labute approximate surface area is 137 Å². The fraction of sp³-hybridized carbons (Fsp3) is 0.176. The molecule has 22 heavy (non-hydrogen) atoms. The number of ether oxygens (including phenoxy) is 2. The first-order valence-corrected chi connectivity index (χ1v) is 7.49. The number of hydrogen-bond donors (Lipinski definition) is 0. The first-order chi connectivity index (χ1) is 10.6. The lowest BCUT2D eigenvalue weighted by Gasteiger charge is -2.09. The quantitative estimate of drug-likeness (QED) is 0.447. The summed E-state index contributed by atoms with van der Waals surface area (Å²) in [4.78, 5) is 23.8. The van der Waals surface area contributed by atoms with E-state index in [1.54, 1.807) is 62.8 Å². The Morgan fingerprint density at radius 2 is 1.32 bits per heavy atom. The van der Waals surface area contributed by atoms with Crippen molar-refractivity contribution in [2.75, 3.05) is 14.2 Å². The molecule has 0 spiro atoms. The molecule has 0 N–H and O–H groups in total. The second-order valence-electron chi connectivity index (χ2n) is 4.56. The van der Waals surface area contributed by atoms with Crippen molar-refractivity contribution in [2.24, 2.45) is 0 Å². The highest BCUT2D eigenvalue weighted by molar-refractivity contribution is 9.09. The summed E-state index contributed by atoms with van der Waals surface area (Å²) in [5, 5.41) is 0. The van der Waals surface area contributed by atoms with Gasteiger partial charge in [0.1, 0.15) is 16.3 Å². The van der Waals surface area contributed by atoms with Crippen LogP contribution in [-0.2, 0) is 4.79 Å². The molecule has 1 atom stereocenters. The highest BCUT2D eigenvalue weighted by atomic mass is 79.9. The summed E-state index contributed by atoms with van der Waals surface area (Å²) in [6.07, 6.45) is 0. The van der Waals surface area contributed by atoms with Gasteiger partial charge in [-0.1, -0.05) is 28.1 Å². The van der Waals surface area contributed by atoms with E-state index in [1.807, 2.05) is 0 Å². The van der Waals surface area contributed by atoms with Gasteiger partial charge in [-0.25, -0.2) is 0 Å². The summed E-state index contributed by atoms with van der Waals surface area (Å²) in [7, 11) is 3.11. The Morgan fingerprint density at radius 1 is 0.864 bits per heavy atom. The van der Waals surface area contributed by atoms with Crippen molar-refractivity contribution in [3.8, 4) is 11.5 Å². The van der Waals surface area contributed by atoms with Crippen molar-refractivity contribution in [1.82, 2.24) is 0 Å². The van der Waals surface area contributed by atoms with Crippen molar-refractivity contribution < 1.29 is 19.1 Å². The lowest BCUT2D eigenvalue weighted by Crippen LogP contribution is -2.18. The second-order valence-corrected chi connectivity index (χ2v) is 5.47. The van der Waals surface area contributed by atoms with Crippen LogP contribution in [0.5, 0.6) is 11.5 Å². The summed E-state index contributed by atoms with van der Waals surface area (Å²) in [5.41, 5.74) is 1.04. The molecule has 0 bridgehead atoms. The molecule has 5 heteroatoms. The molecule has 0 aliphatic rings. The van der Waals surface area contributed by atoms with Crippen LogP contribution in [0.1, 0.15) is 20.7 Å². The Kier molecular flexibility index (Phi) is 5.33. The van der Waals surface area contributed by atoms with Gasteiger partial charge in [0.15, 0.2) is 0 Å². The number of carbonyl (C=O) groups excluding carboxylic acids is 2. The molecule has 2 rings (SSSR count). The van der Waals surface area contributed by atoms with Gasteiger partial charge in [0.25, 0.3) is 0 Å². The number of rotatable bonds is 6. The molecule has 4 nitrogen and oxygen atoms in total. The van der Waals surface area contributed by atoms with E-state index < -0.39 is 16.4 Å². The van der Waals surface area contributed by atoms with Crippen molar-refractivity contribution in [1.29, 1.82) is 0 Å². The zero-order valence-electron chi connectivity index (χ0n) is 12.2. The van der Waals surface area contributed by atoms with Crippen LogP contribution < -0.4 is 9.47 Å². The van der Waals surface area contributed by atoms with Crippen molar-refractivity contribution in [2.45, 2.75) is 4.83 Å². The Balaban J connectivity index is 2.15. The standard InChI is InChI=1S/C17H15BrO4/c1-21-13-7-3-11(4-8-13)15(18)17(20)16(19)12-5-9-14(22-2)10-6-12/h3-10,15H,1-2H3. The summed E-state index contributed by atoms with van der Waals surface area (Å²) < 4.78 is 10.1. The third-order valence-corrected chi connectivity index (χ3v) is 4.16. The minimum atomic E-state index is -0.687. The van der Waals surface area contributed by atoms with Gasteiger partial charge in [-0.15, -0.1) is 0 Å². The number of Topliss-reactive ketones (excluding diaryl/α,β-unsaturated/α-hetero) is 2. The minimum Gasteiger partial charge on any atom is -0.497 e. The van der Waals surface area contributed by atoms with Crippen LogP contribution in [0.3, 0.4) is 0 Å². The van der Waals surface area contributed by atoms with E-state index in [2.05, 4.69) is 15.9 Å². The third kappa shape index (κ3) is 3.54. The fourth-order valence-corrected chi connectivity index (χ4v) is 2.44. The highest BCUT2D eigenvalue weighted by Gasteiger charge is 2.25. The van der Waals surface area contributed by atoms with Crippen molar-refractivity contribution in [3.05, 3.63) is 59.7 Å². The van der Waals surface area contributed by atoms with Crippen LogP contribution in [0.4, 0.5) is 0 Å². The first-order valence-electron chi connectivity index (χ1n) is 6.57. The molecule has 0 amide bonds. The zero-order chi connectivity index (χ0) is 16.1. The number of ketones is 2. The maximum Gasteiger partial charge on any atom is 0.230 e. The monoisotopic (exact) mass is 362 g/mol. The number of alkyl halides is 1. The molecule has 0 saturated carbocycles. The number of carbonyl (C=O) groups is 2. The minimum absolute atomic E-state index is 0.337. The van der Waals surface area contributed by atoms with Crippen LogP contribution in [0.2, 0.25) is 0 Å². The molecule has 0 fully saturated rings. The average Bonchev–Trinajstić information content (AvgIpc) is 2.60. The van der Waals surface area contributed by atoms with E-state index in [4.69, 9.17) is 9.47 Å². The van der Waals surface area contributed by atoms with E-state index in [0.717, 1.165) is 0 Å². The van der Waals surface area contributed by atoms with Gasteiger partial charge in [0, 0.05) is 5.56 Å². The van der Waals surface area contributed by atoms with Gasteiger partial charge in [-0.2, -0.15) is 0 Å². The van der Waals surface area contributed by atoms with E-state index in [-0.39, 0.29) is 0 Å². The summed E-state index contributed by atoms with van der Waals surface area (Å²) in [5.74, 6) is 0.266. The molecular weight excluding hydrogens is 348 g/mol. The van der Waals surface area contributed by atoms with Gasteiger partial charge < -0.3 is 9.47 Å². The smallest absolute Gasteiger partial charge is 0.230 e. The van der Waals surface area contributed by atoms with Crippen LogP contribution >= 0.6 is 15.9 Å². The van der Waals surface area contributed by atoms with Gasteiger partial charge in [-0.05, 0) is 42.0 Å². The maximum atomic E-state index is 12.3. The normalized spacial score (nSPS) is 11.6. The molecule has 0 aliphatic heterocycles. The number of halogens is 1. The van der Waals surface area contributed by atoms with Crippen molar-refractivity contribution in [3.63, 3.8) is 0 Å². The van der Waals surface area contributed by atoms with Gasteiger partial charge in [-0.3, -0.25) is 9.59 Å². The Hall–Kier alpha value is -2.14. The van der Waals surface area contributed by atoms with E-state index >= 15 is 0 Å².